The van der Waals surface area contributed by atoms with Gasteiger partial charge in [0.2, 0.25) is 0 Å². The average Bonchev–Trinajstić information content (AvgIpc) is 2.99. The van der Waals surface area contributed by atoms with E-state index in [4.69, 9.17) is 0 Å². The van der Waals surface area contributed by atoms with E-state index in [9.17, 15) is 0 Å². The molecular formula is C15H16BrNS. The van der Waals surface area contributed by atoms with E-state index in [1.54, 1.807) is 11.3 Å². The molecule has 3 heteroatoms. The highest BCUT2D eigenvalue weighted by Gasteiger charge is 2.21. The summed E-state index contributed by atoms with van der Waals surface area (Å²) in [5.41, 5.74) is 4.43. The Kier molecular flexibility index (Phi) is 3.83. The van der Waals surface area contributed by atoms with E-state index in [0.29, 0.717) is 6.04 Å². The van der Waals surface area contributed by atoms with Crippen molar-refractivity contribution in [2.75, 3.05) is 6.54 Å². The molecule has 0 spiro atoms. The fourth-order valence-corrected chi connectivity index (χ4v) is 3.74. The van der Waals surface area contributed by atoms with Gasteiger partial charge in [-0.05, 0) is 71.5 Å². The lowest BCUT2D eigenvalue weighted by atomic mass is 10.1. The minimum absolute atomic E-state index is 0.548. The van der Waals surface area contributed by atoms with Gasteiger partial charge in [-0.3, -0.25) is 0 Å². The summed E-state index contributed by atoms with van der Waals surface area (Å²) in [6, 6.07) is 9.43. The van der Waals surface area contributed by atoms with Crippen molar-refractivity contribution in [3.63, 3.8) is 0 Å². The van der Waals surface area contributed by atoms with Gasteiger partial charge in [-0.25, -0.2) is 0 Å². The number of halogens is 1. The van der Waals surface area contributed by atoms with Crippen LogP contribution >= 0.6 is 27.3 Å². The predicted molar refractivity (Wildman–Crippen MR) is 81.2 cm³/mol. The SMILES string of the molecule is Brc1ccc2c(c1)CCC2NCCc1ccsc1. The summed E-state index contributed by atoms with van der Waals surface area (Å²) in [5.74, 6) is 0. The van der Waals surface area contributed by atoms with Gasteiger partial charge >= 0.3 is 0 Å². The Bertz CT molecular complexity index is 521. The third-order valence-corrected chi connectivity index (χ3v) is 4.79. The molecule has 1 heterocycles. The van der Waals surface area contributed by atoms with Gasteiger partial charge in [0.1, 0.15) is 0 Å². The second-order valence-electron chi connectivity index (χ2n) is 4.77. The molecule has 1 aromatic carbocycles. The molecule has 1 aliphatic rings. The molecule has 1 aromatic heterocycles. The molecule has 0 radical (unpaired) electrons. The maximum absolute atomic E-state index is 3.68. The molecule has 0 fully saturated rings. The number of aryl methyl sites for hydroxylation is 1. The Hall–Kier alpha value is -0.640. The molecule has 18 heavy (non-hydrogen) atoms. The van der Waals surface area contributed by atoms with E-state index < -0.39 is 0 Å². The molecule has 1 nitrogen and oxygen atoms in total. The van der Waals surface area contributed by atoms with Crippen LogP contribution in [0.25, 0.3) is 0 Å². The van der Waals surface area contributed by atoms with Crippen LogP contribution in [-0.4, -0.2) is 6.54 Å². The van der Waals surface area contributed by atoms with E-state index in [0.717, 1.165) is 13.0 Å². The highest BCUT2D eigenvalue weighted by molar-refractivity contribution is 9.10. The Labute approximate surface area is 120 Å². The molecule has 2 aromatic rings. The van der Waals surface area contributed by atoms with Crippen LogP contribution in [0.1, 0.15) is 29.2 Å². The maximum Gasteiger partial charge on any atom is 0.0326 e. The Morgan fingerprint density at radius 1 is 1.33 bits per heavy atom. The Morgan fingerprint density at radius 2 is 2.28 bits per heavy atom. The highest BCUT2D eigenvalue weighted by Crippen LogP contribution is 2.32. The van der Waals surface area contributed by atoms with Gasteiger partial charge in [0.15, 0.2) is 0 Å². The van der Waals surface area contributed by atoms with E-state index in [1.165, 1.54) is 34.0 Å². The van der Waals surface area contributed by atoms with E-state index in [2.05, 4.69) is 56.3 Å². The van der Waals surface area contributed by atoms with Crippen molar-refractivity contribution < 1.29 is 0 Å². The molecule has 0 aliphatic heterocycles. The quantitative estimate of drug-likeness (QED) is 0.883. The van der Waals surface area contributed by atoms with Gasteiger partial charge in [0.25, 0.3) is 0 Å². The number of thiophene rings is 1. The topological polar surface area (TPSA) is 12.0 Å². The van der Waals surface area contributed by atoms with Gasteiger partial charge in [0, 0.05) is 10.5 Å². The zero-order valence-electron chi connectivity index (χ0n) is 10.2. The summed E-state index contributed by atoms with van der Waals surface area (Å²) < 4.78 is 1.19. The molecule has 0 amide bonds. The monoisotopic (exact) mass is 321 g/mol. The van der Waals surface area contributed by atoms with Crippen molar-refractivity contribution in [2.45, 2.75) is 25.3 Å². The molecule has 1 N–H and O–H groups in total. The molecule has 0 saturated heterocycles. The molecule has 0 bridgehead atoms. The van der Waals surface area contributed by atoms with Gasteiger partial charge in [-0.2, -0.15) is 11.3 Å². The van der Waals surface area contributed by atoms with Crippen LogP contribution < -0.4 is 5.32 Å². The third kappa shape index (κ3) is 2.68. The van der Waals surface area contributed by atoms with E-state index in [-0.39, 0.29) is 0 Å². The van der Waals surface area contributed by atoms with Crippen LogP contribution in [0.2, 0.25) is 0 Å². The summed E-state index contributed by atoms with van der Waals surface area (Å²) in [7, 11) is 0. The second-order valence-corrected chi connectivity index (χ2v) is 6.47. The summed E-state index contributed by atoms with van der Waals surface area (Å²) in [5, 5.41) is 8.07. The first-order valence-electron chi connectivity index (χ1n) is 6.36. The van der Waals surface area contributed by atoms with Crippen molar-refractivity contribution in [2.24, 2.45) is 0 Å². The van der Waals surface area contributed by atoms with Crippen LogP contribution in [0.5, 0.6) is 0 Å². The molecule has 1 atom stereocenters. The summed E-state index contributed by atoms with van der Waals surface area (Å²) in [6.45, 7) is 1.07. The summed E-state index contributed by atoms with van der Waals surface area (Å²) in [4.78, 5) is 0. The Morgan fingerprint density at radius 3 is 3.11 bits per heavy atom. The fourth-order valence-electron chi connectivity index (χ4n) is 2.62. The zero-order chi connectivity index (χ0) is 12.4. The van der Waals surface area contributed by atoms with Gasteiger partial charge in [-0.1, -0.05) is 22.0 Å². The molecule has 1 unspecified atom stereocenters. The third-order valence-electron chi connectivity index (χ3n) is 3.57. The smallest absolute Gasteiger partial charge is 0.0326 e. The van der Waals surface area contributed by atoms with Crippen LogP contribution in [0.15, 0.2) is 39.5 Å². The first-order chi connectivity index (χ1) is 8.83. The van der Waals surface area contributed by atoms with E-state index in [1.807, 2.05) is 0 Å². The predicted octanol–water partition coefficient (Wildman–Crippen LogP) is 4.33. The standard InChI is InChI=1S/C15H16BrNS/c16-13-2-3-14-12(9-13)1-4-15(14)17-7-5-11-6-8-18-10-11/h2-3,6,8-10,15,17H,1,4-5,7H2. The number of nitrogens with one attached hydrogen (secondary N) is 1. The molecular weight excluding hydrogens is 306 g/mol. The van der Waals surface area contributed by atoms with Gasteiger partial charge in [-0.15, -0.1) is 0 Å². The van der Waals surface area contributed by atoms with Crippen LogP contribution in [0.4, 0.5) is 0 Å². The van der Waals surface area contributed by atoms with Gasteiger partial charge < -0.3 is 5.32 Å². The van der Waals surface area contributed by atoms with Crippen molar-refractivity contribution in [3.05, 3.63) is 56.2 Å². The Balaban J connectivity index is 1.59. The lowest BCUT2D eigenvalue weighted by Crippen LogP contribution is -2.21. The maximum atomic E-state index is 3.68. The molecule has 3 rings (SSSR count). The average molecular weight is 322 g/mol. The molecule has 94 valence electrons. The zero-order valence-corrected chi connectivity index (χ0v) is 12.6. The first kappa shape index (κ1) is 12.4. The summed E-state index contributed by atoms with van der Waals surface area (Å²) >= 11 is 5.32. The number of hydrogen-bond donors (Lipinski definition) is 1. The van der Waals surface area contributed by atoms with Crippen molar-refractivity contribution >= 4 is 27.3 Å². The second kappa shape index (κ2) is 5.55. The van der Waals surface area contributed by atoms with Crippen LogP contribution in [-0.2, 0) is 12.8 Å². The number of benzene rings is 1. The lowest BCUT2D eigenvalue weighted by molar-refractivity contribution is 0.534. The van der Waals surface area contributed by atoms with Crippen LogP contribution in [0, 0.1) is 0 Å². The molecule has 0 saturated carbocycles. The number of hydrogen-bond acceptors (Lipinski definition) is 2. The normalized spacial score (nSPS) is 17.9. The fraction of sp³-hybridized carbons (Fsp3) is 0.333. The number of fused-ring (bicyclic) bond motifs is 1. The van der Waals surface area contributed by atoms with Gasteiger partial charge in [0.05, 0.1) is 0 Å². The first-order valence-corrected chi connectivity index (χ1v) is 8.09. The minimum atomic E-state index is 0.548. The van der Waals surface area contributed by atoms with Crippen molar-refractivity contribution in [1.82, 2.24) is 5.32 Å². The van der Waals surface area contributed by atoms with Crippen molar-refractivity contribution in [3.8, 4) is 0 Å². The minimum Gasteiger partial charge on any atom is -0.310 e. The number of rotatable bonds is 4. The molecule has 1 aliphatic carbocycles. The summed E-state index contributed by atoms with van der Waals surface area (Å²) in [6.07, 6.45) is 3.56. The van der Waals surface area contributed by atoms with Crippen LogP contribution in [0.3, 0.4) is 0 Å². The van der Waals surface area contributed by atoms with E-state index >= 15 is 0 Å². The highest BCUT2D eigenvalue weighted by atomic mass is 79.9. The largest absolute Gasteiger partial charge is 0.310 e. The lowest BCUT2D eigenvalue weighted by Gasteiger charge is -2.13. The van der Waals surface area contributed by atoms with Crippen molar-refractivity contribution in [1.29, 1.82) is 0 Å².